The van der Waals surface area contributed by atoms with Crippen LogP contribution < -0.4 is 10.1 Å². The molecule has 4 rings (SSSR count). The molecule has 1 atom stereocenters. The SMILES string of the molecule is [B]N(C)c1nc2[nH]c(-c3cccc(C(CC)NC(C)=O)c3)cc2c2c1ncn2C. The summed E-state index contributed by atoms with van der Waals surface area (Å²) in [4.78, 5) is 25.6. The maximum atomic E-state index is 11.5. The van der Waals surface area contributed by atoms with Gasteiger partial charge in [-0.05, 0) is 36.7 Å². The number of aryl methyl sites for hydroxylation is 1. The molecule has 1 amide bonds. The number of hydrogen-bond donors (Lipinski definition) is 2. The van der Waals surface area contributed by atoms with E-state index in [0.717, 1.165) is 45.3 Å². The Morgan fingerprint density at radius 3 is 2.86 bits per heavy atom. The van der Waals surface area contributed by atoms with Crippen molar-refractivity contribution in [2.45, 2.75) is 26.3 Å². The minimum absolute atomic E-state index is 0.0174. The predicted octanol–water partition coefficient (Wildman–Crippen LogP) is 3.22. The molecule has 0 saturated heterocycles. The Labute approximate surface area is 170 Å². The van der Waals surface area contributed by atoms with Crippen LogP contribution in [0.4, 0.5) is 5.82 Å². The van der Waals surface area contributed by atoms with Gasteiger partial charge in [0.05, 0.1) is 17.9 Å². The first kappa shape index (κ1) is 19.0. The first-order chi connectivity index (χ1) is 13.9. The van der Waals surface area contributed by atoms with E-state index < -0.39 is 0 Å². The van der Waals surface area contributed by atoms with E-state index in [1.807, 2.05) is 29.8 Å². The molecule has 29 heavy (non-hydrogen) atoms. The Kier molecular flexibility index (Phi) is 4.78. The molecule has 2 radical (unpaired) electrons. The smallest absolute Gasteiger partial charge is 0.228 e. The van der Waals surface area contributed by atoms with E-state index >= 15 is 0 Å². The quantitative estimate of drug-likeness (QED) is 0.517. The highest BCUT2D eigenvalue weighted by atomic mass is 16.1. The Bertz CT molecular complexity index is 1210. The Hall–Kier alpha value is -3.29. The van der Waals surface area contributed by atoms with Crippen LogP contribution in [0, 0.1) is 0 Å². The van der Waals surface area contributed by atoms with Crippen molar-refractivity contribution in [3.63, 3.8) is 0 Å². The van der Waals surface area contributed by atoms with Gasteiger partial charge in [0, 0.05) is 25.1 Å². The maximum Gasteiger partial charge on any atom is 0.228 e. The van der Waals surface area contributed by atoms with Crippen molar-refractivity contribution >= 4 is 41.8 Å². The zero-order valence-electron chi connectivity index (χ0n) is 17.0. The number of rotatable bonds is 5. The van der Waals surface area contributed by atoms with Crippen molar-refractivity contribution in [1.29, 1.82) is 0 Å². The Morgan fingerprint density at radius 2 is 2.17 bits per heavy atom. The van der Waals surface area contributed by atoms with Crippen molar-refractivity contribution in [3.05, 3.63) is 42.2 Å². The van der Waals surface area contributed by atoms with E-state index in [2.05, 4.69) is 39.3 Å². The molecule has 146 valence electrons. The zero-order valence-corrected chi connectivity index (χ0v) is 17.0. The largest absolute Gasteiger partial charge is 0.411 e. The summed E-state index contributed by atoms with van der Waals surface area (Å²) in [7, 11) is 9.69. The lowest BCUT2D eigenvalue weighted by molar-refractivity contribution is -0.119. The normalized spacial score (nSPS) is 12.4. The molecule has 0 fully saturated rings. The van der Waals surface area contributed by atoms with Gasteiger partial charge < -0.3 is 19.7 Å². The number of aromatic amines is 1. The molecule has 8 heteroatoms. The summed E-state index contributed by atoms with van der Waals surface area (Å²) >= 11 is 0. The fourth-order valence-corrected chi connectivity index (χ4v) is 3.77. The summed E-state index contributed by atoms with van der Waals surface area (Å²) in [6, 6.07) is 10.3. The molecule has 7 nitrogen and oxygen atoms in total. The lowest BCUT2D eigenvalue weighted by atomic mass is 10.0. The van der Waals surface area contributed by atoms with Crippen LogP contribution in [0.15, 0.2) is 36.7 Å². The van der Waals surface area contributed by atoms with Gasteiger partial charge in [0.25, 0.3) is 0 Å². The van der Waals surface area contributed by atoms with E-state index in [9.17, 15) is 4.79 Å². The number of carbonyl (C=O) groups excluding carboxylic acids is 1. The molecule has 4 aromatic rings. The van der Waals surface area contributed by atoms with Crippen LogP contribution in [0.25, 0.3) is 33.3 Å². The van der Waals surface area contributed by atoms with Crippen LogP contribution in [0.5, 0.6) is 0 Å². The molecule has 0 aliphatic heterocycles. The first-order valence-electron chi connectivity index (χ1n) is 9.58. The fraction of sp³-hybridized carbons (Fsp3) is 0.286. The standard InChI is InChI=1S/C21H23BN6O/c1-5-16(24-12(2)29)13-7-6-8-14(9-13)17-10-15-19-18(23-11-27(19)3)21(28(4)22)26-20(15)25-17/h6-11,16H,5H2,1-4H3,(H,24,29)(H,25,26). The molecular weight excluding hydrogens is 363 g/mol. The van der Waals surface area contributed by atoms with Gasteiger partial charge >= 0.3 is 0 Å². The van der Waals surface area contributed by atoms with E-state index in [0.29, 0.717) is 5.82 Å². The number of imidazole rings is 1. The average Bonchev–Trinajstić information content (AvgIpc) is 3.28. The van der Waals surface area contributed by atoms with Gasteiger partial charge in [-0.15, -0.1) is 0 Å². The number of hydrogen-bond acceptors (Lipinski definition) is 4. The van der Waals surface area contributed by atoms with E-state index in [1.54, 1.807) is 20.3 Å². The van der Waals surface area contributed by atoms with Gasteiger partial charge in [0.15, 0.2) is 0 Å². The molecule has 0 spiro atoms. The van der Waals surface area contributed by atoms with Crippen LogP contribution >= 0.6 is 0 Å². The van der Waals surface area contributed by atoms with Gasteiger partial charge in [-0.3, -0.25) is 4.79 Å². The van der Waals surface area contributed by atoms with Crippen LogP contribution in [0.2, 0.25) is 0 Å². The molecule has 1 unspecified atom stereocenters. The second-order valence-corrected chi connectivity index (χ2v) is 7.33. The van der Waals surface area contributed by atoms with Crippen molar-refractivity contribution in [3.8, 4) is 11.3 Å². The summed E-state index contributed by atoms with van der Waals surface area (Å²) in [6.45, 7) is 3.60. The van der Waals surface area contributed by atoms with Crippen LogP contribution in [0.1, 0.15) is 31.9 Å². The molecule has 1 aromatic carbocycles. The second kappa shape index (κ2) is 7.27. The van der Waals surface area contributed by atoms with Crippen LogP contribution in [-0.4, -0.2) is 40.5 Å². The van der Waals surface area contributed by atoms with E-state index in [1.165, 1.54) is 4.81 Å². The molecule has 0 saturated carbocycles. The van der Waals surface area contributed by atoms with Gasteiger partial charge in [-0.25, -0.2) is 9.97 Å². The summed E-state index contributed by atoms with van der Waals surface area (Å²) in [5.41, 5.74) is 5.54. The van der Waals surface area contributed by atoms with Crippen molar-refractivity contribution in [2.24, 2.45) is 7.05 Å². The Balaban J connectivity index is 1.85. The minimum atomic E-state index is -0.0332. The predicted molar refractivity (Wildman–Crippen MR) is 117 cm³/mol. The number of anilines is 1. The number of aromatic nitrogens is 4. The molecule has 3 heterocycles. The summed E-state index contributed by atoms with van der Waals surface area (Å²) < 4.78 is 1.98. The number of fused-ring (bicyclic) bond motifs is 3. The molecule has 0 aliphatic carbocycles. The third kappa shape index (κ3) is 3.35. The molecule has 0 bridgehead atoms. The van der Waals surface area contributed by atoms with Crippen molar-refractivity contribution in [2.75, 3.05) is 11.9 Å². The monoisotopic (exact) mass is 386 g/mol. The number of carbonyl (C=O) groups is 1. The van der Waals surface area contributed by atoms with Crippen LogP contribution in [-0.2, 0) is 11.8 Å². The number of benzene rings is 1. The zero-order chi connectivity index (χ0) is 20.7. The first-order valence-corrected chi connectivity index (χ1v) is 9.58. The maximum absolute atomic E-state index is 11.5. The lowest BCUT2D eigenvalue weighted by Gasteiger charge is -2.17. The number of pyridine rings is 1. The fourth-order valence-electron chi connectivity index (χ4n) is 3.77. The highest BCUT2D eigenvalue weighted by Gasteiger charge is 2.17. The molecule has 2 N–H and O–H groups in total. The number of H-pyrrole nitrogens is 1. The lowest BCUT2D eigenvalue weighted by Crippen LogP contribution is -2.25. The van der Waals surface area contributed by atoms with Crippen LogP contribution in [0.3, 0.4) is 0 Å². The minimum Gasteiger partial charge on any atom is -0.411 e. The van der Waals surface area contributed by atoms with Gasteiger partial charge in [-0.2, -0.15) is 0 Å². The van der Waals surface area contributed by atoms with Gasteiger partial charge in [0.2, 0.25) is 13.9 Å². The van der Waals surface area contributed by atoms with Crippen molar-refractivity contribution in [1.82, 2.24) is 24.8 Å². The average molecular weight is 386 g/mol. The van der Waals surface area contributed by atoms with Crippen molar-refractivity contribution < 1.29 is 4.79 Å². The number of nitrogens with zero attached hydrogens (tertiary/aromatic N) is 4. The number of amides is 1. The summed E-state index contributed by atoms with van der Waals surface area (Å²) in [6.07, 6.45) is 2.59. The van der Waals surface area contributed by atoms with E-state index in [-0.39, 0.29) is 11.9 Å². The Morgan fingerprint density at radius 1 is 1.38 bits per heavy atom. The van der Waals surface area contributed by atoms with Gasteiger partial charge in [-0.1, -0.05) is 25.1 Å². The van der Waals surface area contributed by atoms with Gasteiger partial charge in [0.1, 0.15) is 17.0 Å². The topological polar surface area (TPSA) is 78.8 Å². The highest BCUT2D eigenvalue weighted by Crippen LogP contribution is 2.33. The molecule has 0 aliphatic rings. The third-order valence-electron chi connectivity index (χ3n) is 5.14. The molecule has 3 aromatic heterocycles. The highest BCUT2D eigenvalue weighted by molar-refractivity contribution is 6.20. The third-order valence-corrected chi connectivity index (χ3v) is 5.14. The second-order valence-electron chi connectivity index (χ2n) is 7.33. The summed E-state index contributed by atoms with van der Waals surface area (Å²) in [5, 5.41) is 3.99. The molecular formula is C21H23BN6O. The van der Waals surface area contributed by atoms with E-state index in [4.69, 9.17) is 7.98 Å². The number of nitrogens with one attached hydrogen (secondary N) is 2. The summed E-state index contributed by atoms with van der Waals surface area (Å²) in [5.74, 6) is 0.584.